The van der Waals surface area contributed by atoms with Gasteiger partial charge in [0.25, 0.3) is 5.91 Å². The topological polar surface area (TPSA) is 72.5 Å². The highest BCUT2D eigenvalue weighted by atomic mass is 35.5. The van der Waals surface area contributed by atoms with Crippen LogP contribution in [0.1, 0.15) is 6.42 Å². The fourth-order valence-corrected chi connectivity index (χ4v) is 4.05. The standard InChI is InChI=1S/C12H13Cl2NO4S/c13-8-1-2-11(10(14)5-8)19-6-12(16)15-9-3-4-20(17,18)7-9/h1-2,5,9H,3-4,6-7H2,(H,15,16)/t9-/m0/s1. The molecule has 1 N–H and O–H groups in total. The van der Waals surface area contributed by atoms with Gasteiger partial charge in [-0.25, -0.2) is 8.42 Å². The van der Waals surface area contributed by atoms with Crippen LogP contribution in [0.5, 0.6) is 5.75 Å². The lowest BCUT2D eigenvalue weighted by molar-refractivity contribution is -0.123. The Labute approximate surface area is 127 Å². The lowest BCUT2D eigenvalue weighted by atomic mass is 10.2. The Morgan fingerprint density at radius 2 is 2.15 bits per heavy atom. The van der Waals surface area contributed by atoms with Crippen LogP contribution >= 0.6 is 23.2 Å². The van der Waals surface area contributed by atoms with Crippen molar-refractivity contribution in [2.75, 3.05) is 18.1 Å². The predicted molar refractivity (Wildman–Crippen MR) is 77.2 cm³/mol. The van der Waals surface area contributed by atoms with Gasteiger partial charge >= 0.3 is 0 Å². The van der Waals surface area contributed by atoms with E-state index >= 15 is 0 Å². The van der Waals surface area contributed by atoms with Crippen LogP contribution in [0.15, 0.2) is 18.2 Å². The van der Waals surface area contributed by atoms with Crippen LogP contribution in [-0.4, -0.2) is 38.5 Å². The molecule has 8 heteroatoms. The van der Waals surface area contributed by atoms with Crippen molar-refractivity contribution in [2.45, 2.75) is 12.5 Å². The van der Waals surface area contributed by atoms with Crippen molar-refractivity contribution in [1.29, 1.82) is 0 Å². The van der Waals surface area contributed by atoms with Gasteiger partial charge < -0.3 is 10.1 Å². The van der Waals surface area contributed by atoms with Crippen LogP contribution in [0.3, 0.4) is 0 Å². The molecule has 1 aromatic carbocycles. The monoisotopic (exact) mass is 337 g/mol. The molecule has 1 heterocycles. The summed E-state index contributed by atoms with van der Waals surface area (Å²) in [6.45, 7) is -0.224. The summed E-state index contributed by atoms with van der Waals surface area (Å²) in [6.07, 6.45) is 0.440. The number of benzene rings is 1. The number of hydrogen-bond donors (Lipinski definition) is 1. The van der Waals surface area contributed by atoms with Crippen molar-refractivity contribution in [1.82, 2.24) is 5.32 Å². The average Bonchev–Trinajstić information content (AvgIpc) is 2.67. The summed E-state index contributed by atoms with van der Waals surface area (Å²) in [7, 11) is -3.01. The fraction of sp³-hybridized carbons (Fsp3) is 0.417. The molecule has 5 nitrogen and oxygen atoms in total. The molecule has 110 valence electrons. The molecule has 0 aromatic heterocycles. The third kappa shape index (κ3) is 4.26. The van der Waals surface area contributed by atoms with E-state index < -0.39 is 9.84 Å². The average molecular weight is 338 g/mol. The highest BCUT2D eigenvalue weighted by Gasteiger charge is 2.28. The summed E-state index contributed by atoms with van der Waals surface area (Å²) >= 11 is 11.6. The first-order chi connectivity index (χ1) is 9.35. The van der Waals surface area contributed by atoms with Crippen molar-refractivity contribution in [2.24, 2.45) is 0 Å². The number of hydrogen-bond acceptors (Lipinski definition) is 4. The zero-order chi connectivity index (χ0) is 14.8. The third-order valence-corrected chi connectivity index (χ3v) is 5.15. The van der Waals surface area contributed by atoms with E-state index in [2.05, 4.69) is 5.32 Å². The molecule has 0 aliphatic carbocycles. The highest BCUT2D eigenvalue weighted by molar-refractivity contribution is 7.91. The first-order valence-electron chi connectivity index (χ1n) is 5.93. The Balaban J connectivity index is 1.84. The molecule has 0 bridgehead atoms. The van der Waals surface area contributed by atoms with Gasteiger partial charge in [-0.15, -0.1) is 0 Å². The molecular formula is C12H13Cl2NO4S. The first kappa shape index (κ1) is 15.4. The molecule has 1 aromatic rings. The molecule has 1 aliphatic heterocycles. The van der Waals surface area contributed by atoms with Gasteiger partial charge in [-0.2, -0.15) is 0 Å². The number of sulfone groups is 1. The lowest BCUT2D eigenvalue weighted by Crippen LogP contribution is -2.38. The fourth-order valence-electron chi connectivity index (χ4n) is 1.91. The van der Waals surface area contributed by atoms with Gasteiger partial charge in [0.1, 0.15) is 5.75 Å². The first-order valence-corrected chi connectivity index (χ1v) is 8.51. The Hall–Kier alpha value is -0.980. The van der Waals surface area contributed by atoms with Gasteiger partial charge in [0.05, 0.1) is 16.5 Å². The number of nitrogens with one attached hydrogen (secondary N) is 1. The summed E-state index contributed by atoms with van der Waals surface area (Å²) in [5, 5.41) is 3.41. The quantitative estimate of drug-likeness (QED) is 0.907. The summed E-state index contributed by atoms with van der Waals surface area (Å²) in [4.78, 5) is 11.7. The maximum absolute atomic E-state index is 11.7. The molecule has 1 aliphatic rings. The smallest absolute Gasteiger partial charge is 0.258 e. The van der Waals surface area contributed by atoms with Gasteiger partial charge in [-0.3, -0.25) is 4.79 Å². The normalized spacial score (nSPS) is 20.6. The van der Waals surface area contributed by atoms with Crippen LogP contribution in [0, 0.1) is 0 Å². The zero-order valence-electron chi connectivity index (χ0n) is 10.4. The summed E-state index contributed by atoms with van der Waals surface area (Å²) in [6, 6.07) is 4.35. The van der Waals surface area contributed by atoms with Crippen LogP contribution in [-0.2, 0) is 14.6 Å². The van der Waals surface area contributed by atoms with Gasteiger partial charge in [0.2, 0.25) is 0 Å². The molecule has 0 radical (unpaired) electrons. The van der Waals surface area contributed by atoms with E-state index in [4.69, 9.17) is 27.9 Å². The van der Waals surface area contributed by atoms with Crippen molar-refractivity contribution in [3.63, 3.8) is 0 Å². The third-order valence-electron chi connectivity index (χ3n) is 2.85. The highest BCUT2D eigenvalue weighted by Crippen LogP contribution is 2.27. The minimum atomic E-state index is -3.01. The van der Waals surface area contributed by atoms with Crippen LogP contribution in [0.25, 0.3) is 0 Å². The van der Waals surface area contributed by atoms with Crippen molar-refractivity contribution >= 4 is 38.9 Å². The van der Waals surface area contributed by atoms with Gasteiger partial charge in [-0.05, 0) is 24.6 Å². The molecule has 2 rings (SSSR count). The lowest BCUT2D eigenvalue weighted by Gasteiger charge is -2.12. The van der Waals surface area contributed by atoms with E-state index in [0.717, 1.165) is 0 Å². The second-order valence-corrected chi connectivity index (χ2v) is 7.60. The Kier molecular flexibility index (Phi) is 4.78. The van der Waals surface area contributed by atoms with E-state index in [-0.39, 0.29) is 30.1 Å². The minimum absolute atomic E-state index is 0.0135. The number of halogens is 2. The van der Waals surface area contributed by atoms with E-state index in [1.807, 2.05) is 0 Å². The van der Waals surface area contributed by atoms with Gasteiger partial charge in [0.15, 0.2) is 16.4 Å². The number of carbonyl (C=O) groups is 1. The maximum atomic E-state index is 11.7. The van der Waals surface area contributed by atoms with Crippen LogP contribution < -0.4 is 10.1 Å². The van der Waals surface area contributed by atoms with Crippen LogP contribution in [0.4, 0.5) is 0 Å². The minimum Gasteiger partial charge on any atom is -0.482 e. The number of carbonyl (C=O) groups excluding carboxylic acids is 1. The Morgan fingerprint density at radius 1 is 1.40 bits per heavy atom. The zero-order valence-corrected chi connectivity index (χ0v) is 12.8. The van der Waals surface area contributed by atoms with Crippen molar-refractivity contribution in [3.8, 4) is 5.75 Å². The molecule has 1 amide bonds. The summed E-state index contributed by atoms with van der Waals surface area (Å²) in [5.74, 6) is 0.0748. The van der Waals surface area contributed by atoms with Crippen molar-refractivity contribution in [3.05, 3.63) is 28.2 Å². The Morgan fingerprint density at radius 3 is 2.75 bits per heavy atom. The van der Waals surface area contributed by atoms with Crippen molar-refractivity contribution < 1.29 is 17.9 Å². The summed E-state index contributed by atoms with van der Waals surface area (Å²) < 4.78 is 27.8. The molecule has 0 spiro atoms. The number of rotatable bonds is 4. The molecular weight excluding hydrogens is 325 g/mol. The molecule has 1 atom stereocenters. The molecule has 0 saturated carbocycles. The van der Waals surface area contributed by atoms with Gasteiger partial charge in [-0.1, -0.05) is 23.2 Å². The number of ether oxygens (including phenoxy) is 1. The Bertz CT molecular complexity index is 618. The van der Waals surface area contributed by atoms with E-state index in [1.165, 1.54) is 6.07 Å². The molecule has 0 unspecified atom stereocenters. The molecule has 1 fully saturated rings. The van der Waals surface area contributed by atoms with E-state index in [0.29, 0.717) is 22.2 Å². The largest absolute Gasteiger partial charge is 0.482 e. The van der Waals surface area contributed by atoms with Gasteiger partial charge in [0, 0.05) is 11.1 Å². The molecule has 1 saturated heterocycles. The second kappa shape index (κ2) is 6.20. The second-order valence-electron chi connectivity index (χ2n) is 4.53. The maximum Gasteiger partial charge on any atom is 0.258 e. The van der Waals surface area contributed by atoms with E-state index in [9.17, 15) is 13.2 Å². The van der Waals surface area contributed by atoms with Crippen LogP contribution in [0.2, 0.25) is 10.0 Å². The van der Waals surface area contributed by atoms with E-state index in [1.54, 1.807) is 12.1 Å². The predicted octanol–water partition coefficient (Wildman–Crippen LogP) is 1.68. The summed E-state index contributed by atoms with van der Waals surface area (Å²) in [5.41, 5.74) is 0. The number of amides is 1. The SMILES string of the molecule is O=C(COc1ccc(Cl)cc1Cl)N[C@H]1CCS(=O)(=O)C1. The molecule has 20 heavy (non-hydrogen) atoms.